The van der Waals surface area contributed by atoms with Crippen molar-refractivity contribution in [1.29, 1.82) is 0 Å². The number of amides is 2. The summed E-state index contributed by atoms with van der Waals surface area (Å²) in [7, 11) is 0. The van der Waals surface area contributed by atoms with Gasteiger partial charge in [-0.05, 0) is 69.0 Å². The normalized spacial score (nSPS) is 18.2. The van der Waals surface area contributed by atoms with Crippen molar-refractivity contribution >= 4 is 35.1 Å². The molecule has 1 saturated carbocycles. The maximum Gasteiger partial charge on any atom is 0.234 e. The van der Waals surface area contributed by atoms with E-state index in [-0.39, 0.29) is 23.5 Å². The quantitative estimate of drug-likeness (QED) is 0.561. The van der Waals surface area contributed by atoms with Crippen molar-refractivity contribution in [2.75, 3.05) is 35.7 Å². The number of piperidine rings is 1. The van der Waals surface area contributed by atoms with Crippen molar-refractivity contribution < 1.29 is 14.3 Å². The van der Waals surface area contributed by atoms with Crippen LogP contribution in [0.4, 0.5) is 11.5 Å². The van der Waals surface area contributed by atoms with Gasteiger partial charge in [-0.15, -0.1) is 10.2 Å². The molecule has 0 bridgehead atoms. The van der Waals surface area contributed by atoms with Crippen LogP contribution >= 0.6 is 11.8 Å². The molecule has 32 heavy (non-hydrogen) atoms. The average Bonchev–Trinajstić information content (AvgIpc) is 3.64. The molecule has 0 radical (unpaired) electrons. The van der Waals surface area contributed by atoms with Gasteiger partial charge in [-0.2, -0.15) is 0 Å². The number of carbonyl (C=O) groups excluding carboxylic acids is 2. The highest BCUT2D eigenvalue weighted by atomic mass is 32.2. The molecule has 0 unspecified atom stereocenters. The fourth-order valence-corrected chi connectivity index (χ4v) is 4.26. The van der Waals surface area contributed by atoms with Gasteiger partial charge >= 0.3 is 0 Å². The zero-order valence-electron chi connectivity index (χ0n) is 18.3. The Balaban J connectivity index is 1.24. The summed E-state index contributed by atoms with van der Waals surface area (Å²) in [5.41, 5.74) is 0.728. The largest absolute Gasteiger partial charge is 0.494 e. The maximum absolute atomic E-state index is 12.4. The minimum absolute atomic E-state index is 0.00602. The Morgan fingerprint density at radius 2 is 1.94 bits per heavy atom. The molecule has 4 rings (SSSR count). The van der Waals surface area contributed by atoms with Gasteiger partial charge in [0.25, 0.3) is 0 Å². The second kappa shape index (κ2) is 10.7. The monoisotopic (exact) mass is 455 g/mol. The van der Waals surface area contributed by atoms with E-state index in [4.69, 9.17) is 4.74 Å². The van der Waals surface area contributed by atoms with Crippen LogP contribution in [0.25, 0.3) is 0 Å². The Bertz CT molecular complexity index is 918. The first-order valence-corrected chi connectivity index (χ1v) is 12.1. The number of thioether (sulfide) groups is 1. The van der Waals surface area contributed by atoms with E-state index < -0.39 is 0 Å². The van der Waals surface area contributed by atoms with Crippen molar-refractivity contribution in [1.82, 2.24) is 15.5 Å². The third-order valence-corrected chi connectivity index (χ3v) is 6.39. The molecular formula is C23H29N5O3S. The molecule has 0 spiro atoms. The van der Waals surface area contributed by atoms with Crippen molar-refractivity contribution in [2.45, 2.75) is 43.7 Å². The molecule has 2 aromatic rings. The van der Waals surface area contributed by atoms with E-state index in [2.05, 4.69) is 25.7 Å². The van der Waals surface area contributed by atoms with Crippen LogP contribution < -0.4 is 20.3 Å². The topological polar surface area (TPSA) is 96.5 Å². The van der Waals surface area contributed by atoms with Gasteiger partial charge in [-0.25, -0.2) is 0 Å². The fraction of sp³-hybridized carbons (Fsp3) is 0.478. The maximum atomic E-state index is 12.4. The Labute approximate surface area is 192 Å². The molecule has 1 atom stereocenters. The van der Waals surface area contributed by atoms with E-state index in [1.165, 1.54) is 11.8 Å². The summed E-state index contributed by atoms with van der Waals surface area (Å²) in [6, 6.07) is 11.5. The Hall–Kier alpha value is -2.81. The summed E-state index contributed by atoms with van der Waals surface area (Å²) in [4.78, 5) is 26.7. The van der Waals surface area contributed by atoms with Crippen molar-refractivity contribution in [3.63, 3.8) is 0 Å². The second-order valence-corrected chi connectivity index (χ2v) is 9.09. The third kappa shape index (κ3) is 6.35. The SMILES string of the molecule is CCOc1ccc(NC(=O)CSc2ccc(N3CCC[C@H](C(=O)NC4CC4)C3)nn2)cc1. The van der Waals surface area contributed by atoms with E-state index in [1.807, 2.05) is 43.3 Å². The molecule has 2 heterocycles. The lowest BCUT2D eigenvalue weighted by molar-refractivity contribution is -0.125. The van der Waals surface area contributed by atoms with Crippen LogP contribution in [0.1, 0.15) is 32.6 Å². The summed E-state index contributed by atoms with van der Waals surface area (Å²) in [5, 5.41) is 15.3. The summed E-state index contributed by atoms with van der Waals surface area (Å²) in [6.45, 7) is 4.08. The fourth-order valence-electron chi connectivity index (χ4n) is 3.64. The molecule has 1 aromatic heterocycles. The van der Waals surface area contributed by atoms with Gasteiger partial charge in [0.1, 0.15) is 10.8 Å². The Morgan fingerprint density at radius 1 is 1.12 bits per heavy atom. The molecule has 2 aliphatic rings. The predicted molar refractivity (Wildman–Crippen MR) is 125 cm³/mol. The van der Waals surface area contributed by atoms with E-state index in [1.54, 1.807) is 0 Å². The Morgan fingerprint density at radius 3 is 2.62 bits per heavy atom. The molecule has 9 heteroatoms. The summed E-state index contributed by atoms with van der Waals surface area (Å²) >= 11 is 1.34. The molecular weight excluding hydrogens is 426 g/mol. The van der Waals surface area contributed by atoms with Crippen molar-refractivity contribution in [3.8, 4) is 5.75 Å². The number of rotatable bonds is 9. The highest BCUT2D eigenvalue weighted by Gasteiger charge is 2.30. The lowest BCUT2D eigenvalue weighted by Crippen LogP contribution is -2.44. The highest BCUT2D eigenvalue weighted by molar-refractivity contribution is 7.99. The predicted octanol–water partition coefficient (Wildman–Crippen LogP) is 3.10. The molecule has 2 N–H and O–H groups in total. The number of carbonyl (C=O) groups is 2. The van der Waals surface area contributed by atoms with Gasteiger partial charge < -0.3 is 20.3 Å². The molecule has 170 valence electrons. The van der Waals surface area contributed by atoms with E-state index in [0.29, 0.717) is 24.2 Å². The van der Waals surface area contributed by atoms with Crippen LogP contribution in [-0.4, -0.2) is 53.5 Å². The van der Waals surface area contributed by atoms with Crippen molar-refractivity contribution in [2.24, 2.45) is 5.92 Å². The van der Waals surface area contributed by atoms with Gasteiger partial charge in [0.15, 0.2) is 5.82 Å². The third-order valence-electron chi connectivity index (χ3n) is 5.47. The van der Waals surface area contributed by atoms with Crippen molar-refractivity contribution in [3.05, 3.63) is 36.4 Å². The molecule has 1 aromatic carbocycles. The first kappa shape index (κ1) is 22.4. The lowest BCUT2D eigenvalue weighted by atomic mass is 9.97. The number of anilines is 2. The van der Waals surface area contributed by atoms with Crippen LogP contribution in [0.15, 0.2) is 41.4 Å². The molecule has 1 aliphatic carbocycles. The standard InChI is InChI=1S/C23H29N5O3S/c1-2-31-19-9-7-17(8-10-19)24-21(29)15-32-22-12-11-20(26-27-22)28-13-3-4-16(14-28)23(30)25-18-5-6-18/h7-12,16,18H,2-6,13-15H2,1H3,(H,24,29)(H,25,30)/t16-/m0/s1. The van der Waals surface area contributed by atoms with Gasteiger partial charge in [0, 0.05) is 24.8 Å². The first-order valence-electron chi connectivity index (χ1n) is 11.2. The van der Waals surface area contributed by atoms with Gasteiger partial charge in [0.2, 0.25) is 11.8 Å². The van der Waals surface area contributed by atoms with Gasteiger partial charge in [-0.1, -0.05) is 11.8 Å². The van der Waals surface area contributed by atoms with Gasteiger partial charge in [-0.3, -0.25) is 9.59 Å². The van der Waals surface area contributed by atoms with Crippen LogP contribution in [-0.2, 0) is 9.59 Å². The molecule has 2 fully saturated rings. The van der Waals surface area contributed by atoms with Gasteiger partial charge in [0.05, 0.1) is 18.3 Å². The highest BCUT2D eigenvalue weighted by Crippen LogP contribution is 2.25. The smallest absolute Gasteiger partial charge is 0.234 e. The summed E-state index contributed by atoms with van der Waals surface area (Å²) in [6.07, 6.45) is 4.09. The molecule has 1 saturated heterocycles. The zero-order valence-corrected chi connectivity index (χ0v) is 19.1. The van der Waals surface area contributed by atoms with Crippen LogP contribution in [0.2, 0.25) is 0 Å². The first-order chi connectivity index (χ1) is 15.6. The van der Waals surface area contributed by atoms with E-state index in [0.717, 1.165) is 49.5 Å². The summed E-state index contributed by atoms with van der Waals surface area (Å²) < 4.78 is 5.40. The number of ether oxygens (including phenoxy) is 1. The molecule has 2 amide bonds. The minimum Gasteiger partial charge on any atom is -0.494 e. The number of nitrogens with one attached hydrogen (secondary N) is 2. The Kier molecular flexibility index (Phi) is 7.47. The number of nitrogens with zero attached hydrogens (tertiary/aromatic N) is 3. The van der Waals surface area contributed by atoms with Crippen LogP contribution in [0.3, 0.4) is 0 Å². The van der Waals surface area contributed by atoms with Crippen LogP contribution in [0.5, 0.6) is 5.75 Å². The average molecular weight is 456 g/mol. The zero-order chi connectivity index (χ0) is 22.3. The summed E-state index contributed by atoms with van der Waals surface area (Å²) in [5.74, 6) is 1.86. The molecule has 1 aliphatic heterocycles. The number of benzene rings is 1. The number of hydrogen-bond donors (Lipinski definition) is 2. The number of aromatic nitrogens is 2. The van der Waals surface area contributed by atoms with Crippen LogP contribution in [0, 0.1) is 5.92 Å². The number of hydrogen-bond acceptors (Lipinski definition) is 7. The second-order valence-electron chi connectivity index (χ2n) is 8.09. The van der Waals surface area contributed by atoms with E-state index >= 15 is 0 Å². The molecule has 8 nitrogen and oxygen atoms in total. The van der Waals surface area contributed by atoms with E-state index in [9.17, 15) is 9.59 Å². The minimum atomic E-state index is -0.106. The lowest BCUT2D eigenvalue weighted by Gasteiger charge is -2.32.